The first-order valence-electron chi connectivity index (χ1n) is 10.6. The topological polar surface area (TPSA) is 125 Å². The predicted octanol–water partition coefficient (Wildman–Crippen LogP) is 1.82. The molecule has 0 saturated carbocycles. The van der Waals surface area contributed by atoms with E-state index in [0.29, 0.717) is 18.7 Å². The lowest BCUT2D eigenvalue weighted by Crippen LogP contribution is -2.46. The number of hydrogen-bond acceptors (Lipinski definition) is 6. The van der Waals surface area contributed by atoms with Crippen LogP contribution in [0.2, 0.25) is 0 Å². The van der Waals surface area contributed by atoms with Crippen LogP contribution in [0.1, 0.15) is 12.0 Å². The number of alkyl halides is 3. The highest BCUT2D eigenvalue weighted by molar-refractivity contribution is 7.91. The maximum absolute atomic E-state index is 13.6. The van der Waals surface area contributed by atoms with Gasteiger partial charge < -0.3 is 15.5 Å². The molecule has 0 aliphatic carbocycles. The second-order valence-corrected chi connectivity index (χ2v) is 11.6. The van der Waals surface area contributed by atoms with Crippen LogP contribution in [0.4, 0.5) is 18.0 Å². The molecule has 1 saturated heterocycles. The number of nitrogens with zero attached hydrogens (tertiary/aromatic N) is 1. The number of rotatable bonds is 8. The largest absolute Gasteiger partial charge is 0.417 e. The third kappa shape index (κ3) is 6.51. The number of nitrogens with one attached hydrogen (secondary N) is 3. The Morgan fingerprint density at radius 2 is 1.77 bits per heavy atom. The van der Waals surface area contributed by atoms with Crippen LogP contribution in [0, 0.1) is 0 Å². The molecule has 9 nitrogen and oxygen atoms in total. The van der Waals surface area contributed by atoms with Crippen LogP contribution in [0.25, 0.3) is 0 Å². The van der Waals surface area contributed by atoms with Gasteiger partial charge >= 0.3 is 12.2 Å². The van der Waals surface area contributed by atoms with Crippen molar-refractivity contribution in [3.63, 3.8) is 0 Å². The minimum atomic E-state index is -5.05. The lowest BCUT2D eigenvalue weighted by Gasteiger charge is -2.21. The molecule has 0 spiro atoms. The number of urea groups is 1. The Bertz CT molecular complexity index is 1260. The first-order chi connectivity index (χ1) is 16.3. The Hall–Kier alpha value is -2.68. The Balaban J connectivity index is 1.81. The number of amides is 2. The zero-order chi connectivity index (χ0) is 25.9. The fourth-order valence-electron chi connectivity index (χ4n) is 3.45. The maximum atomic E-state index is 13.6. The molecular weight excluding hydrogens is 509 g/mol. The molecule has 3 N–H and O–H groups in total. The molecule has 192 valence electrons. The molecule has 0 bridgehead atoms. The Labute approximate surface area is 201 Å². The minimum absolute atomic E-state index is 0.0645. The lowest BCUT2D eigenvalue weighted by molar-refractivity contribution is -0.139. The van der Waals surface area contributed by atoms with E-state index >= 15 is 0 Å². The van der Waals surface area contributed by atoms with E-state index < -0.39 is 47.4 Å². The number of likely N-dealkylation sites (N-methyl/N-ethyl adjacent to an activating group) is 1. The molecule has 2 amide bonds. The van der Waals surface area contributed by atoms with Crippen LogP contribution in [0.3, 0.4) is 0 Å². The standard InChI is InChI=1S/C21H25F3N4O5S2/c1-28(20(29)27-15-9-10-25-14-15)12-11-26-35(32,33)19-13-17(7-8-18(19)21(22,23)24)34(30,31)16-5-3-2-4-6-16/h2-8,13,15,25-26H,9-12,14H2,1H3,(H,27,29)/t15-/m0/s1. The normalized spacial score (nSPS) is 16.7. The second-order valence-electron chi connectivity index (χ2n) is 7.93. The van der Waals surface area contributed by atoms with E-state index in [4.69, 9.17) is 0 Å². The van der Waals surface area contributed by atoms with Gasteiger partial charge in [0.25, 0.3) is 0 Å². The molecule has 35 heavy (non-hydrogen) atoms. The Morgan fingerprint density at radius 1 is 1.09 bits per heavy atom. The fourth-order valence-corrected chi connectivity index (χ4v) is 6.11. The molecule has 2 aromatic carbocycles. The van der Waals surface area contributed by atoms with Crippen LogP contribution in [-0.2, 0) is 26.0 Å². The van der Waals surface area contributed by atoms with E-state index in [-0.39, 0.29) is 24.0 Å². The van der Waals surface area contributed by atoms with Gasteiger partial charge in [-0.15, -0.1) is 0 Å². The highest BCUT2D eigenvalue weighted by Gasteiger charge is 2.38. The van der Waals surface area contributed by atoms with Crippen molar-refractivity contribution in [3.8, 4) is 0 Å². The van der Waals surface area contributed by atoms with Gasteiger partial charge in [0.1, 0.15) is 0 Å². The van der Waals surface area contributed by atoms with Crippen molar-refractivity contribution < 1.29 is 34.8 Å². The summed E-state index contributed by atoms with van der Waals surface area (Å²) >= 11 is 0. The molecule has 1 aliphatic heterocycles. The van der Waals surface area contributed by atoms with Crippen molar-refractivity contribution in [2.24, 2.45) is 0 Å². The highest BCUT2D eigenvalue weighted by Crippen LogP contribution is 2.36. The predicted molar refractivity (Wildman–Crippen MR) is 121 cm³/mol. The summed E-state index contributed by atoms with van der Waals surface area (Å²) in [7, 11) is -7.64. The van der Waals surface area contributed by atoms with E-state index in [1.165, 1.54) is 36.2 Å². The van der Waals surface area contributed by atoms with Gasteiger partial charge in [-0.1, -0.05) is 18.2 Å². The number of sulfone groups is 1. The summed E-state index contributed by atoms with van der Waals surface area (Å²) in [6.07, 6.45) is -4.31. The van der Waals surface area contributed by atoms with Crippen molar-refractivity contribution >= 4 is 25.9 Å². The summed E-state index contributed by atoms with van der Waals surface area (Å²) in [5.74, 6) is 0. The van der Waals surface area contributed by atoms with Gasteiger partial charge in [0.05, 0.1) is 20.2 Å². The zero-order valence-corrected chi connectivity index (χ0v) is 20.3. The average Bonchev–Trinajstić information content (AvgIpc) is 3.31. The quantitative estimate of drug-likeness (QED) is 0.475. The van der Waals surface area contributed by atoms with Crippen LogP contribution >= 0.6 is 0 Å². The SMILES string of the molecule is CN(CCNS(=O)(=O)c1cc(S(=O)(=O)c2ccccc2)ccc1C(F)(F)F)C(=O)N[C@H]1CCNC1. The van der Waals surface area contributed by atoms with Crippen molar-refractivity contribution in [3.05, 3.63) is 54.1 Å². The van der Waals surface area contributed by atoms with Gasteiger partial charge in [-0.05, 0) is 43.3 Å². The van der Waals surface area contributed by atoms with E-state index in [1.807, 2.05) is 4.72 Å². The maximum Gasteiger partial charge on any atom is 0.417 e. The van der Waals surface area contributed by atoms with Crippen molar-refractivity contribution in [2.45, 2.75) is 33.3 Å². The van der Waals surface area contributed by atoms with Crippen molar-refractivity contribution in [1.29, 1.82) is 0 Å². The fraction of sp³-hybridized carbons (Fsp3) is 0.381. The van der Waals surface area contributed by atoms with Gasteiger partial charge in [0, 0.05) is 32.7 Å². The first kappa shape index (κ1) is 26.9. The van der Waals surface area contributed by atoms with Crippen LogP contribution in [-0.4, -0.2) is 67.0 Å². The lowest BCUT2D eigenvalue weighted by atomic mass is 10.2. The number of carbonyl (C=O) groups excluding carboxylic acids is 1. The van der Waals surface area contributed by atoms with Crippen LogP contribution in [0.5, 0.6) is 0 Å². The molecule has 1 atom stereocenters. The molecule has 1 fully saturated rings. The first-order valence-corrected chi connectivity index (χ1v) is 13.5. The van der Waals surface area contributed by atoms with Gasteiger partial charge in [-0.3, -0.25) is 0 Å². The van der Waals surface area contributed by atoms with Crippen LogP contribution < -0.4 is 15.4 Å². The molecular formula is C21H25F3N4O5S2. The molecule has 0 unspecified atom stereocenters. The molecule has 14 heteroatoms. The molecule has 3 rings (SSSR count). The monoisotopic (exact) mass is 534 g/mol. The van der Waals surface area contributed by atoms with Gasteiger partial charge in [0.2, 0.25) is 19.9 Å². The average molecular weight is 535 g/mol. The molecule has 0 radical (unpaired) electrons. The third-order valence-corrected chi connectivity index (χ3v) is 8.65. The smallest absolute Gasteiger partial charge is 0.334 e. The van der Waals surface area contributed by atoms with Gasteiger partial charge in [-0.25, -0.2) is 26.4 Å². The number of sulfonamides is 1. The zero-order valence-electron chi connectivity index (χ0n) is 18.7. The summed E-state index contributed by atoms with van der Waals surface area (Å²) in [6.45, 7) is 0.848. The Kier molecular flexibility index (Phi) is 8.09. The minimum Gasteiger partial charge on any atom is -0.334 e. The van der Waals surface area contributed by atoms with E-state index in [0.717, 1.165) is 19.0 Å². The second kappa shape index (κ2) is 10.5. The molecule has 1 aliphatic rings. The van der Waals surface area contributed by atoms with Crippen molar-refractivity contribution in [1.82, 2.24) is 20.3 Å². The van der Waals surface area contributed by atoms with Gasteiger partial charge in [-0.2, -0.15) is 13.2 Å². The summed E-state index contributed by atoms with van der Waals surface area (Å²) in [6, 6.07) is 8.07. The van der Waals surface area contributed by atoms with E-state index in [9.17, 15) is 34.8 Å². The van der Waals surface area contributed by atoms with Gasteiger partial charge in [0.15, 0.2) is 0 Å². The summed E-state index contributed by atoms with van der Waals surface area (Å²) in [5.41, 5.74) is -1.50. The summed E-state index contributed by atoms with van der Waals surface area (Å²) in [5, 5.41) is 5.84. The Morgan fingerprint density at radius 3 is 2.37 bits per heavy atom. The third-order valence-electron chi connectivity index (χ3n) is 5.39. The molecule has 0 aromatic heterocycles. The number of carbonyl (C=O) groups is 1. The molecule has 1 heterocycles. The number of hydrogen-bond donors (Lipinski definition) is 3. The molecule has 2 aromatic rings. The number of benzene rings is 2. The summed E-state index contributed by atoms with van der Waals surface area (Å²) < 4.78 is 94.1. The number of halogens is 3. The van der Waals surface area contributed by atoms with E-state index in [2.05, 4.69) is 10.6 Å². The van der Waals surface area contributed by atoms with E-state index in [1.54, 1.807) is 6.07 Å². The highest BCUT2D eigenvalue weighted by atomic mass is 32.2. The van der Waals surface area contributed by atoms with Crippen LogP contribution in [0.15, 0.2) is 63.2 Å². The summed E-state index contributed by atoms with van der Waals surface area (Å²) in [4.78, 5) is 11.4. The van der Waals surface area contributed by atoms with Crippen molar-refractivity contribution in [2.75, 3.05) is 33.2 Å².